The van der Waals surface area contributed by atoms with Crippen LogP contribution in [0.2, 0.25) is 0 Å². The van der Waals surface area contributed by atoms with Crippen LogP contribution >= 0.6 is 0 Å². The van der Waals surface area contributed by atoms with Gasteiger partial charge < -0.3 is 20.6 Å². The molecule has 0 aromatic heterocycles. The Kier molecular flexibility index (Phi) is 5.79. The largest absolute Gasteiger partial charge is 0.480 e. The lowest BCUT2D eigenvalue weighted by Gasteiger charge is -2.27. The number of nitrogens with one attached hydrogen (secondary N) is 2. The van der Waals surface area contributed by atoms with E-state index in [0.29, 0.717) is 19.4 Å². The van der Waals surface area contributed by atoms with Crippen LogP contribution < -0.4 is 10.6 Å². The van der Waals surface area contributed by atoms with Gasteiger partial charge in [-0.15, -0.1) is 0 Å². The van der Waals surface area contributed by atoms with Gasteiger partial charge in [-0.25, -0.2) is 9.59 Å². The molecule has 0 aliphatic carbocycles. The lowest BCUT2D eigenvalue weighted by Crippen LogP contribution is -2.54. The highest BCUT2D eigenvalue weighted by Gasteiger charge is 2.36. The lowest BCUT2D eigenvalue weighted by atomic mass is 9.99. The number of nitrogens with zero attached hydrogens (tertiary/aromatic N) is 1. The molecule has 0 bridgehead atoms. The summed E-state index contributed by atoms with van der Waals surface area (Å²) in [5, 5.41) is 14.2. The normalized spacial score (nSPS) is 21.1. The van der Waals surface area contributed by atoms with Gasteiger partial charge in [-0.1, -0.05) is 20.3 Å². The number of likely N-dealkylation sites (tertiary alicyclic amines) is 1. The molecular formula is C13H23N3O4. The van der Waals surface area contributed by atoms with E-state index in [4.69, 9.17) is 0 Å². The van der Waals surface area contributed by atoms with Gasteiger partial charge in [-0.3, -0.25) is 4.79 Å². The predicted molar refractivity (Wildman–Crippen MR) is 73.2 cm³/mol. The van der Waals surface area contributed by atoms with Gasteiger partial charge in [-0.2, -0.15) is 0 Å². The molecule has 7 nitrogen and oxygen atoms in total. The molecule has 1 aliphatic heterocycles. The summed E-state index contributed by atoms with van der Waals surface area (Å²) in [6.45, 7) is 4.12. The van der Waals surface area contributed by atoms with E-state index in [-0.39, 0.29) is 11.8 Å². The first-order valence-electron chi connectivity index (χ1n) is 6.93. The highest BCUT2D eigenvalue weighted by atomic mass is 16.4. The smallest absolute Gasteiger partial charge is 0.326 e. The van der Waals surface area contributed by atoms with Gasteiger partial charge >= 0.3 is 12.0 Å². The van der Waals surface area contributed by atoms with Crippen LogP contribution in [-0.2, 0) is 9.59 Å². The average Bonchev–Trinajstić information content (AvgIpc) is 2.91. The van der Waals surface area contributed by atoms with Crippen LogP contribution in [0, 0.1) is 5.92 Å². The highest BCUT2D eigenvalue weighted by Crippen LogP contribution is 2.18. The SMILES string of the molecule is CCC(C)C(NC(=O)N1CCCC1C(=O)NC)C(=O)O. The Balaban J connectivity index is 2.73. The number of likely N-dealkylation sites (N-methyl/N-ethyl adjacent to an activating group) is 1. The summed E-state index contributed by atoms with van der Waals surface area (Å²) in [6.07, 6.45) is 2.00. The quantitative estimate of drug-likeness (QED) is 0.681. The molecule has 7 heteroatoms. The number of amides is 3. The molecule has 3 unspecified atom stereocenters. The minimum Gasteiger partial charge on any atom is -0.480 e. The summed E-state index contributed by atoms with van der Waals surface area (Å²) in [5.41, 5.74) is 0. The zero-order valence-electron chi connectivity index (χ0n) is 12.2. The molecule has 0 aromatic carbocycles. The lowest BCUT2D eigenvalue weighted by molar-refractivity contribution is -0.140. The monoisotopic (exact) mass is 285 g/mol. The molecule has 0 aromatic rings. The zero-order chi connectivity index (χ0) is 15.3. The minimum atomic E-state index is -1.05. The van der Waals surface area contributed by atoms with Crippen LogP contribution in [0.4, 0.5) is 4.79 Å². The van der Waals surface area contributed by atoms with Crippen molar-refractivity contribution in [1.82, 2.24) is 15.5 Å². The van der Waals surface area contributed by atoms with Crippen LogP contribution in [0.3, 0.4) is 0 Å². The van der Waals surface area contributed by atoms with E-state index < -0.39 is 24.1 Å². The van der Waals surface area contributed by atoms with Crippen molar-refractivity contribution in [3.05, 3.63) is 0 Å². The van der Waals surface area contributed by atoms with Crippen LogP contribution in [0.15, 0.2) is 0 Å². The van der Waals surface area contributed by atoms with Crippen LogP contribution in [0.5, 0.6) is 0 Å². The molecule has 1 saturated heterocycles. The number of hydrogen-bond donors (Lipinski definition) is 3. The second-order valence-corrected chi connectivity index (χ2v) is 5.12. The number of aliphatic carboxylic acids is 1. The van der Waals surface area contributed by atoms with Gasteiger partial charge in [0, 0.05) is 13.6 Å². The molecule has 0 spiro atoms. The maximum absolute atomic E-state index is 12.2. The van der Waals surface area contributed by atoms with E-state index in [1.54, 1.807) is 6.92 Å². The van der Waals surface area contributed by atoms with Gasteiger partial charge in [0.25, 0.3) is 0 Å². The maximum atomic E-state index is 12.2. The van der Waals surface area contributed by atoms with Crippen molar-refractivity contribution < 1.29 is 19.5 Å². The van der Waals surface area contributed by atoms with Crippen molar-refractivity contribution >= 4 is 17.9 Å². The standard InChI is InChI=1S/C13H23N3O4/c1-4-8(2)10(12(18)19)15-13(20)16-7-5-6-9(16)11(17)14-3/h8-10H,4-7H2,1-3H3,(H,14,17)(H,15,20)(H,18,19). The maximum Gasteiger partial charge on any atom is 0.326 e. The van der Waals surface area contributed by atoms with E-state index in [2.05, 4.69) is 10.6 Å². The van der Waals surface area contributed by atoms with Crippen molar-refractivity contribution in [3.63, 3.8) is 0 Å². The number of carboxylic acids is 1. The van der Waals surface area contributed by atoms with Gasteiger partial charge in [0.2, 0.25) is 5.91 Å². The van der Waals surface area contributed by atoms with E-state index >= 15 is 0 Å². The molecule has 3 N–H and O–H groups in total. The van der Waals surface area contributed by atoms with Gasteiger partial charge in [-0.05, 0) is 18.8 Å². The summed E-state index contributed by atoms with van der Waals surface area (Å²) < 4.78 is 0. The molecule has 20 heavy (non-hydrogen) atoms. The molecule has 0 saturated carbocycles. The van der Waals surface area contributed by atoms with E-state index in [1.165, 1.54) is 11.9 Å². The third kappa shape index (κ3) is 3.61. The second-order valence-electron chi connectivity index (χ2n) is 5.12. The minimum absolute atomic E-state index is 0.169. The van der Waals surface area contributed by atoms with Gasteiger partial charge in [0.05, 0.1) is 0 Å². The van der Waals surface area contributed by atoms with Crippen molar-refractivity contribution in [3.8, 4) is 0 Å². The van der Waals surface area contributed by atoms with Gasteiger partial charge in [0.15, 0.2) is 0 Å². The first-order chi connectivity index (χ1) is 9.42. The molecule has 1 rings (SSSR count). The fourth-order valence-corrected chi connectivity index (χ4v) is 2.35. The van der Waals surface area contributed by atoms with Crippen molar-refractivity contribution in [2.24, 2.45) is 5.92 Å². The summed E-state index contributed by atoms with van der Waals surface area (Å²) >= 11 is 0. The Bertz CT molecular complexity index is 386. The zero-order valence-corrected chi connectivity index (χ0v) is 12.2. The third-order valence-electron chi connectivity index (χ3n) is 3.82. The Hall–Kier alpha value is -1.79. The van der Waals surface area contributed by atoms with Crippen molar-refractivity contribution in [2.45, 2.75) is 45.2 Å². The Morgan fingerprint density at radius 2 is 2.05 bits per heavy atom. The number of carbonyl (C=O) groups excluding carboxylic acids is 2. The summed E-state index contributed by atoms with van der Waals surface area (Å²) in [5.74, 6) is -1.44. The summed E-state index contributed by atoms with van der Waals surface area (Å²) in [6, 6.07) is -1.92. The van der Waals surface area contributed by atoms with Crippen LogP contribution in [-0.4, -0.2) is 53.6 Å². The van der Waals surface area contributed by atoms with E-state index in [0.717, 1.165) is 6.42 Å². The molecule has 0 radical (unpaired) electrons. The molecule has 1 aliphatic rings. The number of urea groups is 1. The second kappa shape index (κ2) is 7.12. The predicted octanol–water partition coefficient (Wildman–Crippen LogP) is 0.406. The average molecular weight is 285 g/mol. The van der Waals surface area contributed by atoms with E-state index in [9.17, 15) is 19.5 Å². The number of carboxylic acid groups (broad SMARTS) is 1. The summed E-state index contributed by atoms with van der Waals surface area (Å²) in [4.78, 5) is 36.5. The molecule has 3 atom stereocenters. The number of carbonyl (C=O) groups is 3. The number of hydrogen-bond acceptors (Lipinski definition) is 3. The molecule has 1 fully saturated rings. The Labute approximate surface area is 118 Å². The summed E-state index contributed by atoms with van der Waals surface area (Å²) in [7, 11) is 1.52. The van der Waals surface area contributed by atoms with Crippen LogP contribution in [0.25, 0.3) is 0 Å². The van der Waals surface area contributed by atoms with Crippen molar-refractivity contribution in [1.29, 1.82) is 0 Å². The Morgan fingerprint density at radius 1 is 1.40 bits per heavy atom. The van der Waals surface area contributed by atoms with Gasteiger partial charge in [0.1, 0.15) is 12.1 Å². The topological polar surface area (TPSA) is 98.7 Å². The molecular weight excluding hydrogens is 262 g/mol. The van der Waals surface area contributed by atoms with Crippen molar-refractivity contribution in [2.75, 3.05) is 13.6 Å². The third-order valence-corrected chi connectivity index (χ3v) is 3.82. The van der Waals surface area contributed by atoms with Crippen LogP contribution in [0.1, 0.15) is 33.1 Å². The first-order valence-corrected chi connectivity index (χ1v) is 6.93. The Morgan fingerprint density at radius 3 is 2.55 bits per heavy atom. The highest BCUT2D eigenvalue weighted by molar-refractivity contribution is 5.89. The fraction of sp³-hybridized carbons (Fsp3) is 0.769. The van der Waals surface area contributed by atoms with E-state index in [1.807, 2.05) is 6.92 Å². The molecule has 114 valence electrons. The molecule has 3 amide bonds. The molecule has 1 heterocycles. The number of rotatable bonds is 5. The fourth-order valence-electron chi connectivity index (χ4n) is 2.35. The first kappa shape index (κ1) is 16.3.